The van der Waals surface area contributed by atoms with Gasteiger partial charge in [-0.2, -0.15) is 0 Å². The van der Waals surface area contributed by atoms with E-state index >= 15 is 0 Å². The van der Waals surface area contributed by atoms with Crippen LogP contribution in [0.25, 0.3) is 0 Å². The van der Waals surface area contributed by atoms with Gasteiger partial charge in [0.2, 0.25) is 0 Å². The van der Waals surface area contributed by atoms with Gasteiger partial charge in [0, 0.05) is 16.6 Å². The van der Waals surface area contributed by atoms with E-state index in [4.69, 9.17) is 11.6 Å². The van der Waals surface area contributed by atoms with Crippen LogP contribution in [0.2, 0.25) is 5.02 Å². The minimum atomic E-state index is -0.181. The van der Waals surface area contributed by atoms with Gasteiger partial charge in [-0.1, -0.05) is 51.3 Å². The topological polar surface area (TPSA) is 12.0 Å². The number of benzene rings is 1. The summed E-state index contributed by atoms with van der Waals surface area (Å²) in [7, 11) is 0. The lowest BCUT2D eigenvalue weighted by atomic mass is 9.65. The molecule has 1 aromatic rings. The van der Waals surface area contributed by atoms with Crippen molar-refractivity contribution in [3.05, 3.63) is 34.6 Å². The standard InChI is InChI=1S/C18H27ClFN/c1-4-21-17(14-8-5-6-11-18(14,2)3)12-13-15(19)9-7-10-16(13)20/h7,9-10,14,17,21H,4-6,8,11-12H2,1-3H3. The molecule has 1 nitrogen and oxygen atoms in total. The highest BCUT2D eigenvalue weighted by molar-refractivity contribution is 6.31. The van der Waals surface area contributed by atoms with E-state index < -0.39 is 0 Å². The van der Waals surface area contributed by atoms with Gasteiger partial charge in [-0.15, -0.1) is 0 Å². The molecule has 1 aliphatic rings. The molecule has 0 amide bonds. The lowest BCUT2D eigenvalue weighted by Crippen LogP contribution is -2.46. The van der Waals surface area contributed by atoms with E-state index in [1.54, 1.807) is 12.1 Å². The van der Waals surface area contributed by atoms with Crippen molar-refractivity contribution in [2.24, 2.45) is 11.3 Å². The molecule has 3 heteroatoms. The van der Waals surface area contributed by atoms with E-state index in [-0.39, 0.29) is 5.82 Å². The maximum atomic E-state index is 14.1. The highest BCUT2D eigenvalue weighted by atomic mass is 35.5. The highest BCUT2D eigenvalue weighted by Crippen LogP contribution is 2.43. The first kappa shape index (κ1) is 16.8. The molecule has 2 rings (SSSR count). The van der Waals surface area contributed by atoms with Crippen molar-refractivity contribution >= 4 is 11.6 Å². The van der Waals surface area contributed by atoms with Gasteiger partial charge in [0.05, 0.1) is 0 Å². The van der Waals surface area contributed by atoms with Gasteiger partial charge >= 0.3 is 0 Å². The van der Waals surface area contributed by atoms with Crippen molar-refractivity contribution in [1.82, 2.24) is 5.32 Å². The van der Waals surface area contributed by atoms with Crippen molar-refractivity contribution < 1.29 is 4.39 Å². The molecule has 0 saturated heterocycles. The summed E-state index contributed by atoms with van der Waals surface area (Å²) < 4.78 is 14.1. The summed E-state index contributed by atoms with van der Waals surface area (Å²) in [4.78, 5) is 0. The number of halogens is 2. The predicted molar refractivity (Wildman–Crippen MR) is 88.3 cm³/mol. The first-order valence-corrected chi connectivity index (χ1v) is 8.49. The third-order valence-electron chi connectivity index (χ3n) is 5.03. The van der Waals surface area contributed by atoms with Crippen molar-refractivity contribution in [1.29, 1.82) is 0 Å². The zero-order chi connectivity index (χ0) is 15.5. The summed E-state index contributed by atoms with van der Waals surface area (Å²) >= 11 is 6.22. The van der Waals surface area contributed by atoms with Crippen LogP contribution in [0.4, 0.5) is 4.39 Å². The average molecular weight is 312 g/mol. The van der Waals surface area contributed by atoms with Crippen LogP contribution in [0.5, 0.6) is 0 Å². The van der Waals surface area contributed by atoms with Crippen molar-refractivity contribution in [3.8, 4) is 0 Å². The second-order valence-corrected chi connectivity index (χ2v) is 7.32. The smallest absolute Gasteiger partial charge is 0.127 e. The summed E-state index contributed by atoms with van der Waals surface area (Å²) in [5.74, 6) is 0.390. The Morgan fingerprint density at radius 1 is 1.38 bits per heavy atom. The second kappa shape index (κ2) is 7.11. The summed E-state index contributed by atoms with van der Waals surface area (Å²) in [6.45, 7) is 7.73. The molecule has 118 valence electrons. The number of hydrogen-bond donors (Lipinski definition) is 1. The molecule has 0 radical (unpaired) electrons. The Labute approximate surface area is 133 Å². The van der Waals surface area contributed by atoms with Gasteiger partial charge in [0.15, 0.2) is 0 Å². The predicted octanol–water partition coefficient (Wildman–Crippen LogP) is 5.22. The van der Waals surface area contributed by atoms with Gasteiger partial charge < -0.3 is 5.32 Å². The van der Waals surface area contributed by atoms with Gasteiger partial charge in [-0.25, -0.2) is 4.39 Å². The summed E-state index contributed by atoms with van der Waals surface area (Å²) in [5, 5.41) is 4.13. The van der Waals surface area contributed by atoms with Crippen LogP contribution in [0.15, 0.2) is 18.2 Å². The maximum Gasteiger partial charge on any atom is 0.127 e. The number of nitrogens with one attached hydrogen (secondary N) is 1. The van der Waals surface area contributed by atoms with Crippen molar-refractivity contribution in [3.63, 3.8) is 0 Å². The van der Waals surface area contributed by atoms with Crippen molar-refractivity contribution in [2.45, 2.75) is 58.9 Å². The molecule has 0 spiro atoms. The molecule has 1 N–H and O–H groups in total. The lowest BCUT2D eigenvalue weighted by molar-refractivity contribution is 0.0984. The molecule has 1 aromatic carbocycles. The first-order valence-electron chi connectivity index (χ1n) is 8.12. The Hall–Kier alpha value is -0.600. The van der Waals surface area contributed by atoms with Crippen LogP contribution in [-0.4, -0.2) is 12.6 Å². The molecule has 0 heterocycles. The molecular weight excluding hydrogens is 285 g/mol. The molecule has 1 fully saturated rings. The van der Waals surface area contributed by atoms with Crippen LogP contribution in [0, 0.1) is 17.2 Å². The first-order chi connectivity index (χ1) is 9.95. The summed E-state index contributed by atoms with van der Waals surface area (Å²) in [6, 6.07) is 5.26. The van der Waals surface area contributed by atoms with E-state index in [0.717, 1.165) is 6.54 Å². The molecular formula is C18H27ClFN. The van der Waals surface area contributed by atoms with Gasteiger partial charge in [0.25, 0.3) is 0 Å². The van der Waals surface area contributed by atoms with E-state index in [1.165, 1.54) is 31.7 Å². The quantitative estimate of drug-likeness (QED) is 0.786. The largest absolute Gasteiger partial charge is 0.314 e. The number of likely N-dealkylation sites (N-methyl/N-ethyl adjacent to an activating group) is 1. The van der Waals surface area contributed by atoms with E-state index in [9.17, 15) is 4.39 Å². The fourth-order valence-electron chi connectivity index (χ4n) is 3.83. The van der Waals surface area contributed by atoms with Gasteiger partial charge in [-0.3, -0.25) is 0 Å². The monoisotopic (exact) mass is 311 g/mol. The van der Waals surface area contributed by atoms with E-state index in [2.05, 4.69) is 26.1 Å². The van der Waals surface area contributed by atoms with E-state index in [1.807, 2.05) is 0 Å². The molecule has 1 saturated carbocycles. The Balaban J connectivity index is 2.23. The SMILES string of the molecule is CCNC(Cc1c(F)cccc1Cl)C1CCCCC1(C)C. The zero-order valence-corrected chi connectivity index (χ0v) is 14.1. The molecule has 21 heavy (non-hydrogen) atoms. The molecule has 0 bridgehead atoms. The number of hydrogen-bond acceptors (Lipinski definition) is 1. The molecule has 2 atom stereocenters. The highest BCUT2D eigenvalue weighted by Gasteiger charge is 2.37. The summed E-state index contributed by atoms with van der Waals surface area (Å²) in [5.41, 5.74) is 0.967. The van der Waals surface area contributed by atoms with Crippen LogP contribution >= 0.6 is 11.6 Å². The van der Waals surface area contributed by atoms with Crippen LogP contribution in [0.3, 0.4) is 0 Å². The Bertz CT molecular complexity index is 452. The minimum Gasteiger partial charge on any atom is -0.314 e. The van der Waals surface area contributed by atoms with Crippen LogP contribution in [-0.2, 0) is 6.42 Å². The molecule has 0 aromatic heterocycles. The third kappa shape index (κ3) is 3.98. The third-order valence-corrected chi connectivity index (χ3v) is 5.38. The van der Waals surface area contributed by atoms with Gasteiger partial charge in [-0.05, 0) is 49.3 Å². The zero-order valence-electron chi connectivity index (χ0n) is 13.4. The van der Waals surface area contributed by atoms with Crippen molar-refractivity contribution in [2.75, 3.05) is 6.54 Å². The Morgan fingerprint density at radius 3 is 2.76 bits per heavy atom. The van der Waals surface area contributed by atoms with Crippen LogP contribution < -0.4 is 5.32 Å². The molecule has 1 aliphatic carbocycles. The van der Waals surface area contributed by atoms with Crippen LogP contribution in [0.1, 0.15) is 52.0 Å². The molecule has 2 unspecified atom stereocenters. The Kier molecular flexibility index (Phi) is 5.67. The van der Waals surface area contributed by atoms with Gasteiger partial charge in [0.1, 0.15) is 5.82 Å². The number of rotatable bonds is 5. The molecule has 0 aliphatic heterocycles. The summed E-state index contributed by atoms with van der Waals surface area (Å²) in [6.07, 6.45) is 5.73. The fourth-order valence-corrected chi connectivity index (χ4v) is 4.07. The lowest BCUT2D eigenvalue weighted by Gasteiger charge is -2.43. The van der Waals surface area contributed by atoms with E-state index in [0.29, 0.717) is 34.4 Å². The minimum absolute atomic E-state index is 0.181. The second-order valence-electron chi connectivity index (χ2n) is 6.91. The fraction of sp³-hybridized carbons (Fsp3) is 0.667. The average Bonchev–Trinajstić information content (AvgIpc) is 2.42. The Morgan fingerprint density at radius 2 is 2.14 bits per heavy atom. The maximum absolute atomic E-state index is 14.1. The normalized spacial score (nSPS) is 23.0.